The standard InChI is InChI=1S/C61H92NO8P/c1-3-5-7-9-11-13-15-17-18-19-20-21-22-23-24-25-26-27-28-29-30-31-32-33-34-35-36-37-38-39-40-42-44-46-48-50-52-54-61(64)70-59(58-69-71(65,66)68-56-55-62)57-67-60(63)53-51-49-47-45-43-41-16-14-12-10-8-6-4-2/h5-8,11-14,17-18,20-21,23-24,26-27,29-30,32-33,35-36,38-39,41-44,47,49,59H,3-4,9-10,15-16,19,22,25,28,31,34,37,40,45-46,48,50-58,62H2,1-2H3,(H,65,66)/b7-5-,8-6-,13-11-,14-12-,18-17-,21-20-,24-23-,27-26-,30-29-,33-32-,36-35-,39-38-,43-41-,44-42-,49-47-. The number of esters is 2. The zero-order chi connectivity index (χ0) is 51.7. The highest BCUT2D eigenvalue weighted by Crippen LogP contribution is 2.43. The van der Waals surface area contributed by atoms with Gasteiger partial charge in [0.2, 0.25) is 0 Å². The van der Waals surface area contributed by atoms with E-state index >= 15 is 0 Å². The topological polar surface area (TPSA) is 134 Å². The Morgan fingerprint density at radius 2 is 0.761 bits per heavy atom. The summed E-state index contributed by atoms with van der Waals surface area (Å²) >= 11 is 0. The highest BCUT2D eigenvalue weighted by atomic mass is 31.2. The minimum Gasteiger partial charge on any atom is -0.462 e. The lowest BCUT2D eigenvalue weighted by molar-refractivity contribution is -0.161. The number of unbranched alkanes of at least 4 members (excludes halogenated alkanes) is 3. The summed E-state index contributed by atoms with van der Waals surface area (Å²) in [5, 5.41) is 0. The maximum absolute atomic E-state index is 12.6. The number of carbonyl (C=O) groups is 2. The van der Waals surface area contributed by atoms with Crippen LogP contribution in [-0.2, 0) is 32.7 Å². The molecule has 71 heavy (non-hydrogen) atoms. The van der Waals surface area contributed by atoms with Gasteiger partial charge in [0.15, 0.2) is 6.10 Å². The average molecular weight is 998 g/mol. The molecule has 0 saturated carbocycles. The van der Waals surface area contributed by atoms with Crippen LogP contribution in [-0.4, -0.2) is 49.3 Å². The predicted molar refractivity (Wildman–Crippen MR) is 302 cm³/mol. The maximum atomic E-state index is 12.6. The Morgan fingerprint density at radius 3 is 1.11 bits per heavy atom. The smallest absolute Gasteiger partial charge is 0.462 e. The second kappa shape index (κ2) is 54.4. The summed E-state index contributed by atoms with van der Waals surface area (Å²) in [4.78, 5) is 34.9. The molecular weight excluding hydrogens is 906 g/mol. The highest BCUT2D eigenvalue weighted by Gasteiger charge is 2.26. The second-order valence-corrected chi connectivity index (χ2v) is 17.7. The first kappa shape index (κ1) is 66.1. The third kappa shape index (κ3) is 54.3. The van der Waals surface area contributed by atoms with Crippen molar-refractivity contribution in [2.24, 2.45) is 5.73 Å². The third-order valence-corrected chi connectivity index (χ3v) is 10.8. The van der Waals surface area contributed by atoms with Gasteiger partial charge in [-0.2, -0.15) is 0 Å². The summed E-state index contributed by atoms with van der Waals surface area (Å²) < 4.78 is 32.7. The molecule has 0 aromatic heterocycles. The summed E-state index contributed by atoms with van der Waals surface area (Å²) in [5.74, 6) is -0.982. The quantitative estimate of drug-likeness (QED) is 0.0264. The van der Waals surface area contributed by atoms with Gasteiger partial charge in [-0.3, -0.25) is 18.6 Å². The number of carbonyl (C=O) groups excluding carboxylic acids is 2. The van der Waals surface area contributed by atoms with Crippen molar-refractivity contribution in [2.75, 3.05) is 26.4 Å². The molecule has 0 amide bonds. The van der Waals surface area contributed by atoms with E-state index in [2.05, 4.69) is 184 Å². The van der Waals surface area contributed by atoms with Crippen LogP contribution in [0.2, 0.25) is 0 Å². The van der Waals surface area contributed by atoms with Gasteiger partial charge in [0, 0.05) is 19.4 Å². The number of phosphoric acid groups is 1. The van der Waals surface area contributed by atoms with Gasteiger partial charge < -0.3 is 20.1 Å². The molecular formula is C61H92NO8P. The van der Waals surface area contributed by atoms with Crippen molar-refractivity contribution >= 4 is 19.8 Å². The molecule has 0 fully saturated rings. The maximum Gasteiger partial charge on any atom is 0.472 e. The Hall–Kier alpha value is -4.89. The van der Waals surface area contributed by atoms with Crippen molar-refractivity contribution in [1.82, 2.24) is 0 Å². The van der Waals surface area contributed by atoms with E-state index in [9.17, 15) is 19.0 Å². The van der Waals surface area contributed by atoms with Crippen molar-refractivity contribution < 1.29 is 37.6 Å². The van der Waals surface area contributed by atoms with Crippen LogP contribution >= 0.6 is 7.82 Å². The molecule has 0 aliphatic heterocycles. The Balaban J connectivity index is 4.17. The first-order valence-corrected chi connectivity index (χ1v) is 27.8. The van der Waals surface area contributed by atoms with E-state index in [-0.39, 0.29) is 32.6 Å². The number of allylic oxidation sites excluding steroid dienone is 30. The minimum absolute atomic E-state index is 0.0280. The normalized spacial score (nSPS) is 14.6. The van der Waals surface area contributed by atoms with Crippen LogP contribution in [0.3, 0.4) is 0 Å². The van der Waals surface area contributed by atoms with Gasteiger partial charge in [-0.25, -0.2) is 4.57 Å². The second-order valence-electron chi connectivity index (χ2n) is 16.3. The van der Waals surface area contributed by atoms with Crippen molar-refractivity contribution in [2.45, 2.75) is 161 Å². The Kier molecular flexibility index (Phi) is 50.7. The fraction of sp³-hybridized carbons (Fsp3) is 0.475. The molecule has 2 unspecified atom stereocenters. The van der Waals surface area contributed by atoms with Crippen LogP contribution in [0, 0.1) is 0 Å². The van der Waals surface area contributed by atoms with Crippen molar-refractivity contribution in [3.05, 3.63) is 182 Å². The van der Waals surface area contributed by atoms with E-state index < -0.39 is 32.5 Å². The molecule has 0 aliphatic rings. The van der Waals surface area contributed by atoms with Crippen LogP contribution in [0.4, 0.5) is 0 Å². The lowest BCUT2D eigenvalue weighted by Gasteiger charge is -2.19. The predicted octanol–water partition coefficient (Wildman–Crippen LogP) is 16.5. The number of hydrogen-bond acceptors (Lipinski definition) is 8. The molecule has 9 nitrogen and oxygen atoms in total. The van der Waals surface area contributed by atoms with Gasteiger partial charge in [0.25, 0.3) is 0 Å². The molecule has 0 rings (SSSR count). The highest BCUT2D eigenvalue weighted by molar-refractivity contribution is 7.47. The summed E-state index contributed by atoms with van der Waals surface area (Å²) in [6.45, 7) is 3.33. The number of phosphoric ester groups is 1. The lowest BCUT2D eigenvalue weighted by atomic mass is 10.1. The molecule has 2 atom stereocenters. The molecule has 0 heterocycles. The molecule has 394 valence electrons. The van der Waals surface area contributed by atoms with Crippen LogP contribution < -0.4 is 5.73 Å². The molecule has 0 bridgehead atoms. The zero-order valence-electron chi connectivity index (χ0n) is 43.6. The molecule has 10 heteroatoms. The van der Waals surface area contributed by atoms with E-state index in [1.54, 1.807) is 0 Å². The summed E-state index contributed by atoms with van der Waals surface area (Å²) in [6.07, 6.45) is 82.6. The first-order valence-electron chi connectivity index (χ1n) is 26.3. The van der Waals surface area contributed by atoms with Crippen LogP contribution in [0.25, 0.3) is 0 Å². The van der Waals surface area contributed by atoms with Crippen molar-refractivity contribution in [3.8, 4) is 0 Å². The number of rotatable bonds is 46. The Bertz CT molecular complexity index is 1800. The summed E-state index contributed by atoms with van der Waals surface area (Å²) in [6, 6.07) is 0. The van der Waals surface area contributed by atoms with Crippen LogP contribution in [0.5, 0.6) is 0 Å². The number of nitrogens with two attached hydrogens (primary N) is 1. The van der Waals surface area contributed by atoms with Crippen molar-refractivity contribution in [1.29, 1.82) is 0 Å². The SMILES string of the molecule is CC/C=C\C/C=C\C/C=C\C/C=C\C/C=C\C/C=C\C/C=C\C/C=C\C/C=C\C/C=C\C/C=C\CCCCCC(=O)OC(COC(=O)CC/C=C\C/C=C\C/C=C\C/C=C\CC)COP(=O)(O)OCCN. The fourth-order valence-electron chi connectivity index (χ4n) is 6.00. The molecule has 0 aromatic rings. The Morgan fingerprint density at radius 1 is 0.423 bits per heavy atom. The summed E-state index contributed by atoms with van der Waals surface area (Å²) in [5.41, 5.74) is 5.35. The van der Waals surface area contributed by atoms with Gasteiger partial charge in [0.1, 0.15) is 6.61 Å². The van der Waals surface area contributed by atoms with E-state index in [0.29, 0.717) is 12.8 Å². The van der Waals surface area contributed by atoms with Crippen LogP contribution in [0.1, 0.15) is 155 Å². The fourth-order valence-corrected chi connectivity index (χ4v) is 6.77. The van der Waals surface area contributed by atoms with Crippen LogP contribution in [0.15, 0.2) is 182 Å². The number of ether oxygens (including phenoxy) is 2. The van der Waals surface area contributed by atoms with Gasteiger partial charge in [-0.15, -0.1) is 0 Å². The van der Waals surface area contributed by atoms with Crippen molar-refractivity contribution in [3.63, 3.8) is 0 Å². The third-order valence-electron chi connectivity index (χ3n) is 9.80. The van der Waals surface area contributed by atoms with E-state index in [0.717, 1.165) is 116 Å². The molecule has 0 spiro atoms. The van der Waals surface area contributed by atoms with Gasteiger partial charge in [-0.05, 0) is 122 Å². The molecule has 0 saturated heterocycles. The monoisotopic (exact) mass is 998 g/mol. The van der Waals surface area contributed by atoms with Gasteiger partial charge >= 0.3 is 19.8 Å². The zero-order valence-corrected chi connectivity index (χ0v) is 44.5. The first-order chi connectivity index (χ1) is 34.8. The van der Waals surface area contributed by atoms with E-state index in [4.69, 9.17) is 24.3 Å². The Labute approximate surface area is 431 Å². The average Bonchev–Trinajstić information content (AvgIpc) is 3.36. The molecule has 3 N–H and O–H groups in total. The largest absolute Gasteiger partial charge is 0.472 e. The molecule has 0 aromatic carbocycles. The number of hydrogen-bond donors (Lipinski definition) is 2. The summed E-state index contributed by atoms with van der Waals surface area (Å²) in [7, 11) is -4.42. The van der Waals surface area contributed by atoms with E-state index in [1.165, 1.54) is 0 Å². The molecule has 0 aliphatic carbocycles. The van der Waals surface area contributed by atoms with E-state index in [1.807, 2.05) is 12.2 Å². The lowest BCUT2D eigenvalue weighted by Crippen LogP contribution is -2.29. The molecule has 0 radical (unpaired) electrons. The van der Waals surface area contributed by atoms with Gasteiger partial charge in [0.05, 0.1) is 13.2 Å². The minimum atomic E-state index is -4.42. The van der Waals surface area contributed by atoms with Gasteiger partial charge in [-0.1, -0.05) is 203 Å².